The predicted octanol–water partition coefficient (Wildman–Crippen LogP) is 2.18. The van der Waals surface area contributed by atoms with Crippen molar-refractivity contribution in [3.05, 3.63) is 30.1 Å². The van der Waals surface area contributed by atoms with Crippen LogP contribution in [-0.4, -0.2) is 36.5 Å². The van der Waals surface area contributed by atoms with Crippen molar-refractivity contribution in [2.75, 3.05) is 19.7 Å². The first-order valence-electron chi connectivity index (χ1n) is 7.48. The molecule has 116 valence electrons. The maximum atomic E-state index is 13.4. The normalized spacial score (nSPS) is 22.1. The van der Waals surface area contributed by atoms with Crippen LogP contribution in [-0.2, 0) is 4.79 Å². The van der Waals surface area contributed by atoms with E-state index in [1.165, 1.54) is 6.07 Å². The lowest BCUT2D eigenvalue weighted by Crippen LogP contribution is -2.49. The fraction of sp³-hybridized carbons (Fsp3) is 0.562. The van der Waals surface area contributed by atoms with Crippen molar-refractivity contribution < 1.29 is 13.9 Å². The molecule has 0 aliphatic carbocycles. The van der Waals surface area contributed by atoms with Gasteiger partial charge in [-0.1, -0.05) is 19.1 Å². The quantitative estimate of drug-likeness (QED) is 0.905. The zero-order valence-electron chi connectivity index (χ0n) is 12.4. The van der Waals surface area contributed by atoms with Gasteiger partial charge in [0, 0.05) is 19.1 Å². The van der Waals surface area contributed by atoms with Gasteiger partial charge in [-0.05, 0) is 30.9 Å². The zero-order valence-corrected chi connectivity index (χ0v) is 12.4. The van der Waals surface area contributed by atoms with Crippen LogP contribution in [0, 0.1) is 11.7 Å². The van der Waals surface area contributed by atoms with Crippen LogP contribution in [0.5, 0.6) is 5.75 Å². The average Bonchev–Trinajstić information content (AvgIpc) is 2.48. The second-order valence-corrected chi connectivity index (χ2v) is 5.64. The second-order valence-electron chi connectivity index (χ2n) is 5.64. The lowest BCUT2D eigenvalue weighted by molar-refractivity contribution is -0.135. The largest absolute Gasteiger partial charge is 0.490 e. The molecule has 1 aliphatic heterocycles. The van der Waals surface area contributed by atoms with Gasteiger partial charge in [-0.25, -0.2) is 4.39 Å². The number of halogens is 1. The molecule has 2 N–H and O–H groups in total. The number of likely N-dealkylation sites (tertiary alicyclic amines) is 1. The van der Waals surface area contributed by atoms with Crippen molar-refractivity contribution in [2.45, 2.75) is 32.2 Å². The lowest BCUT2D eigenvalue weighted by atomic mass is 9.92. The number of para-hydroxylation sites is 1. The summed E-state index contributed by atoms with van der Waals surface area (Å²) in [6.45, 7) is 3.61. The maximum Gasteiger partial charge on any atom is 0.226 e. The van der Waals surface area contributed by atoms with E-state index in [1.807, 2.05) is 4.90 Å². The summed E-state index contributed by atoms with van der Waals surface area (Å²) in [4.78, 5) is 14.1. The van der Waals surface area contributed by atoms with Gasteiger partial charge in [0.2, 0.25) is 5.91 Å². The van der Waals surface area contributed by atoms with E-state index in [4.69, 9.17) is 10.5 Å². The number of ether oxygens (including phenoxy) is 1. The third-order valence-electron chi connectivity index (χ3n) is 3.98. The topological polar surface area (TPSA) is 55.6 Å². The summed E-state index contributed by atoms with van der Waals surface area (Å²) in [6, 6.07) is 6.33. The molecule has 0 aromatic heterocycles. The Labute approximate surface area is 125 Å². The van der Waals surface area contributed by atoms with E-state index >= 15 is 0 Å². The van der Waals surface area contributed by atoms with Crippen LogP contribution in [0.1, 0.15) is 26.2 Å². The number of benzene rings is 1. The molecule has 0 saturated carbocycles. The number of piperidine rings is 1. The van der Waals surface area contributed by atoms with Gasteiger partial charge in [0.25, 0.3) is 0 Å². The van der Waals surface area contributed by atoms with Crippen LogP contribution in [0.15, 0.2) is 24.3 Å². The minimum atomic E-state index is -0.406. The Morgan fingerprint density at radius 2 is 2.24 bits per heavy atom. The SMILES string of the molecule is CC1CCN(C(=O)CCOc2ccccc2F)C(CN)C1. The number of amides is 1. The van der Waals surface area contributed by atoms with E-state index in [0.29, 0.717) is 12.5 Å². The third kappa shape index (κ3) is 4.17. The fourth-order valence-electron chi connectivity index (χ4n) is 2.76. The Balaban J connectivity index is 1.83. The molecule has 0 spiro atoms. The smallest absolute Gasteiger partial charge is 0.226 e. The number of rotatable bonds is 5. The highest BCUT2D eigenvalue weighted by molar-refractivity contribution is 5.76. The Kier molecular flexibility index (Phi) is 5.56. The van der Waals surface area contributed by atoms with Gasteiger partial charge < -0.3 is 15.4 Å². The number of carbonyl (C=O) groups excluding carboxylic acids is 1. The molecule has 1 aromatic carbocycles. The van der Waals surface area contributed by atoms with Crippen LogP contribution < -0.4 is 10.5 Å². The molecular weight excluding hydrogens is 271 g/mol. The number of hydrogen-bond donors (Lipinski definition) is 1. The average molecular weight is 294 g/mol. The predicted molar refractivity (Wildman–Crippen MR) is 79.5 cm³/mol. The first-order chi connectivity index (χ1) is 10.1. The first-order valence-corrected chi connectivity index (χ1v) is 7.48. The van der Waals surface area contributed by atoms with Crippen molar-refractivity contribution in [3.63, 3.8) is 0 Å². The Bertz CT molecular complexity index is 481. The summed E-state index contributed by atoms with van der Waals surface area (Å²) < 4.78 is 18.7. The Hall–Kier alpha value is -1.62. The zero-order chi connectivity index (χ0) is 15.2. The lowest BCUT2D eigenvalue weighted by Gasteiger charge is -2.38. The molecule has 21 heavy (non-hydrogen) atoms. The minimum absolute atomic E-state index is 0.0358. The van der Waals surface area contributed by atoms with Crippen molar-refractivity contribution in [1.29, 1.82) is 0 Å². The molecule has 1 heterocycles. The molecule has 2 rings (SSSR count). The van der Waals surface area contributed by atoms with E-state index in [9.17, 15) is 9.18 Å². The second kappa shape index (κ2) is 7.41. The molecule has 1 aromatic rings. The number of nitrogens with two attached hydrogens (primary N) is 1. The summed E-state index contributed by atoms with van der Waals surface area (Å²) in [5, 5.41) is 0. The van der Waals surface area contributed by atoms with E-state index in [0.717, 1.165) is 19.4 Å². The van der Waals surface area contributed by atoms with Gasteiger partial charge in [-0.2, -0.15) is 0 Å². The number of carbonyl (C=O) groups is 1. The molecule has 4 nitrogen and oxygen atoms in total. The number of nitrogens with zero attached hydrogens (tertiary/aromatic N) is 1. The monoisotopic (exact) mass is 294 g/mol. The van der Waals surface area contributed by atoms with Gasteiger partial charge >= 0.3 is 0 Å². The van der Waals surface area contributed by atoms with E-state index in [-0.39, 0.29) is 30.7 Å². The summed E-state index contributed by atoms with van der Waals surface area (Å²) in [5.74, 6) is 0.426. The molecule has 2 atom stereocenters. The Morgan fingerprint density at radius 3 is 2.95 bits per heavy atom. The fourth-order valence-corrected chi connectivity index (χ4v) is 2.76. The van der Waals surface area contributed by atoms with Crippen LogP contribution >= 0.6 is 0 Å². The van der Waals surface area contributed by atoms with E-state index in [2.05, 4.69) is 6.92 Å². The molecular formula is C16H23FN2O2. The molecule has 5 heteroatoms. The van der Waals surface area contributed by atoms with Crippen LogP contribution in [0.3, 0.4) is 0 Å². The highest BCUT2D eigenvalue weighted by Crippen LogP contribution is 2.22. The van der Waals surface area contributed by atoms with Crippen LogP contribution in [0.25, 0.3) is 0 Å². The van der Waals surface area contributed by atoms with Crippen molar-refractivity contribution in [1.82, 2.24) is 4.90 Å². The van der Waals surface area contributed by atoms with Gasteiger partial charge in [0.1, 0.15) is 0 Å². The molecule has 1 amide bonds. The van der Waals surface area contributed by atoms with Gasteiger partial charge in [0.05, 0.1) is 13.0 Å². The van der Waals surface area contributed by atoms with Crippen molar-refractivity contribution in [3.8, 4) is 5.75 Å². The molecule has 0 bridgehead atoms. The van der Waals surface area contributed by atoms with E-state index in [1.54, 1.807) is 18.2 Å². The standard InChI is InChI=1S/C16H23FN2O2/c1-12-6-8-19(13(10-12)11-18)16(20)7-9-21-15-5-3-2-4-14(15)17/h2-5,12-13H,6-11,18H2,1H3. The molecule has 0 radical (unpaired) electrons. The van der Waals surface area contributed by atoms with E-state index < -0.39 is 5.82 Å². The van der Waals surface area contributed by atoms with Crippen molar-refractivity contribution in [2.24, 2.45) is 11.7 Å². The minimum Gasteiger partial charge on any atom is -0.490 e. The maximum absolute atomic E-state index is 13.4. The summed E-state index contributed by atoms with van der Waals surface area (Å²) >= 11 is 0. The van der Waals surface area contributed by atoms with Crippen molar-refractivity contribution >= 4 is 5.91 Å². The molecule has 1 fully saturated rings. The Morgan fingerprint density at radius 1 is 1.48 bits per heavy atom. The highest BCUT2D eigenvalue weighted by Gasteiger charge is 2.28. The molecule has 2 unspecified atom stereocenters. The highest BCUT2D eigenvalue weighted by atomic mass is 19.1. The van der Waals surface area contributed by atoms with Crippen LogP contribution in [0.2, 0.25) is 0 Å². The summed E-state index contributed by atoms with van der Waals surface area (Å²) in [6.07, 6.45) is 2.21. The van der Waals surface area contributed by atoms with Gasteiger partial charge in [0.15, 0.2) is 11.6 Å². The molecule has 1 saturated heterocycles. The van der Waals surface area contributed by atoms with Gasteiger partial charge in [-0.15, -0.1) is 0 Å². The summed E-state index contributed by atoms with van der Waals surface area (Å²) in [5.41, 5.74) is 5.76. The molecule has 1 aliphatic rings. The third-order valence-corrected chi connectivity index (χ3v) is 3.98. The van der Waals surface area contributed by atoms with Crippen LogP contribution in [0.4, 0.5) is 4.39 Å². The first kappa shape index (κ1) is 15.8. The number of hydrogen-bond acceptors (Lipinski definition) is 3. The summed E-state index contributed by atoms with van der Waals surface area (Å²) in [7, 11) is 0. The van der Waals surface area contributed by atoms with Gasteiger partial charge in [-0.3, -0.25) is 4.79 Å².